The number of benzene rings is 5. The molecular weight excluding hydrogens is 1160 g/mol. The first-order chi connectivity index (χ1) is 45.6. The molecule has 0 N–H and O–H groups in total. The zero-order chi connectivity index (χ0) is 63.6. The maximum Gasteiger partial charge on any atom is 0.343 e. The molecule has 0 saturated heterocycles. The van der Waals surface area contributed by atoms with Crippen LogP contribution in [0.3, 0.4) is 0 Å². The van der Waals surface area contributed by atoms with Gasteiger partial charge in [0, 0.05) is 93.7 Å². The van der Waals surface area contributed by atoms with Crippen LogP contribution in [0, 0.1) is 0 Å². The highest BCUT2D eigenvalue weighted by molar-refractivity contribution is 5.99. The minimum absolute atomic E-state index is 0.0390. The lowest BCUT2D eigenvalue weighted by atomic mass is 9.90. The van der Waals surface area contributed by atoms with Gasteiger partial charge in [0.05, 0.1) is 69.9 Å². The van der Waals surface area contributed by atoms with Crippen LogP contribution in [-0.2, 0) is 74.9 Å². The molecule has 1 unspecified atom stereocenters. The number of fused-ring (bicyclic) bond motifs is 6. The van der Waals surface area contributed by atoms with Crippen molar-refractivity contribution in [2.45, 2.75) is 104 Å². The molecule has 16 heteroatoms. The van der Waals surface area contributed by atoms with Crippen molar-refractivity contribution in [1.29, 1.82) is 0 Å². The lowest BCUT2D eigenvalue weighted by Gasteiger charge is -2.25. The van der Waals surface area contributed by atoms with Crippen molar-refractivity contribution in [2.75, 3.05) is 13.2 Å². The second kappa shape index (κ2) is 28.3. The maximum atomic E-state index is 14.7. The van der Waals surface area contributed by atoms with E-state index in [0.717, 1.165) is 83.8 Å². The summed E-state index contributed by atoms with van der Waals surface area (Å²) < 4.78 is 19.9. The van der Waals surface area contributed by atoms with Crippen LogP contribution in [0.15, 0.2) is 212 Å². The highest BCUT2D eigenvalue weighted by Gasteiger charge is 2.35. The van der Waals surface area contributed by atoms with Crippen molar-refractivity contribution in [3.05, 3.63) is 290 Å². The molecule has 16 nitrogen and oxygen atoms in total. The molecular formula is C77H71N9O7. The van der Waals surface area contributed by atoms with Gasteiger partial charge in [0.1, 0.15) is 18.1 Å². The standard InChI is InChI=1S/C77H71N9O7/c1-3-65-68-41-63(29-30-71(68)82-73-69(65)50-86-72(73)42-67-66(4-2)77(90)92-51-70(67)75(86)88)93-76(89)56-25-23-52(24-26-56)45-85(74(87)58-28-27-55-17-5-6-18-57(55)40-58)35-15-16-36-91-64-38-53(43-83(46-59-19-7-11-31-78-59)47-60-20-8-12-32-79-60)37-54(39-64)44-84(48-61-21-9-13-33-80-61)49-62-22-10-14-34-81-62/h5-14,17-34,37-42,66H,3-4,15-16,35-36,43-51H2,1-2H3. The van der Waals surface area contributed by atoms with Crippen molar-refractivity contribution in [1.82, 2.24) is 44.2 Å². The Hall–Kier alpha value is -10.6. The number of pyridine rings is 6. The molecule has 11 aromatic rings. The van der Waals surface area contributed by atoms with Crippen LogP contribution in [0.2, 0.25) is 0 Å². The lowest BCUT2D eigenvalue weighted by molar-refractivity contribution is -0.148. The van der Waals surface area contributed by atoms with Gasteiger partial charge in [-0.3, -0.25) is 44.1 Å². The van der Waals surface area contributed by atoms with Gasteiger partial charge in [0.2, 0.25) is 0 Å². The highest BCUT2D eigenvalue weighted by Crippen LogP contribution is 2.40. The second-order valence-corrected chi connectivity index (χ2v) is 23.9. The molecule has 0 aliphatic carbocycles. The number of carbonyl (C=O) groups is 3. The summed E-state index contributed by atoms with van der Waals surface area (Å²) in [7, 11) is 0. The number of aryl methyl sites for hydroxylation is 1. The SMILES string of the molecule is CCc1c2c(nc3ccc(OC(=O)c4ccc(CN(CCCCOc5cc(CN(Cc6ccccn6)Cc6ccccn6)cc(CN(Cc6ccccn6)Cc6ccccn6)c5)C(=O)c5ccc6ccccc6c5)cc4)cc13)-c1cc3c(c(=O)n1C2)COC(=O)C3CC. The van der Waals surface area contributed by atoms with Gasteiger partial charge < -0.3 is 23.7 Å². The summed E-state index contributed by atoms with van der Waals surface area (Å²) >= 11 is 0. The first kappa shape index (κ1) is 61.3. The van der Waals surface area contributed by atoms with Crippen LogP contribution >= 0.6 is 0 Å². The van der Waals surface area contributed by atoms with Gasteiger partial charge in [-0.2, -0.15) is 0 Å². The molecule has 2 aliphatic rings. The Morgan fingerprint density at radius 3 is 1.76 bits per heavy atom. The molecule has 0 saturated carbocycles. The average molecular weight is 1230 g/mol. The summed E-state index contributed by atoms with van der Waals surface area (Å²) in [6, 6.07) is 59.0. The van der Waals surface area contributed by atoms with Gasteiger partial charge in [-0.1, -0.05) is 86.6 Å². The molecule has 0 bridgehead atoms. The fourth-order valence-electron chi connectivity index (χ4n) is 12.8. The van der Waals surface area contributed by atoms with E-state index in [1.54, 1.807) is 22.8 Å². The molecule has 2 aliphatic heterocycles. The first-order valence-corrected chi connectivity index (χ1v) is 31.9. The second-order valence-electron chi connectivity index (χ2n) is 23.9. The average Bonchev–Trinajstić information content (AvgIpc) is 1.60. The smallest absolute Gasteiger partial charge is 0.343 e. The predicted molar refractivity (Wildman–Crippen MR) is 357 cm³/mol. The largest absolute Gasteiger partial charge is 0.494 e. The maximum absolute atomic E-state index is 14.7. The van der Waals surface area contributed by atoms with Gasteiger partial charge in [0.15, 0.2) is 0 Å². The van der Waals surface area contributed by atoms with Gasteiger partial charge in [0.25, 0.3) is 11.5 Å². The normalized spacial score (nSPS) is 13.2. The number of ether oxygens (including phenoxy) is 3. The Labute approximate surface area is 540 Å². The number of esters is 2. The molecule has 0 spiro atoms. The number of hydrogen-bond acceptors (Lipinski definition) is 14. The van der Waals surface area contributed by atoms with Crippen molar-refractivity contribution < 1.29 is 28.6 Å². The third kappa shape index (κ3) is 14.3. The minimum Gasteiger partial charge on any atom is -0.494 e. The number of hydrogen-bond donors (Lipinski definition) is 0. The minimum atomic E-state index is -0.529. The molecule has 466 valence electrons. The summed E-state index contributed by atoms with van der Waals surface area (Å²) in [4.78, 5) is 85.6. The van der Waals surface area contributed by atoms with Gasteiger partial charge in [-0.05, 0) is 173 Å². The first-order valence-electron chi connectivity index (χ1n) is 31.9. The number of cyclic esters (lactones) is 1. The van der Waals surface area contributed by atoms with Crippen LogP contribution in [0.4, 0.5) is 0 Å². The Morgan fingerprint density at radius 1 is 0.570 bits per heavy atom. The molecule has 1 atom stereocenters. The summed E-state index contributed by atoms with van der Waals surface area (Å²) in [6.45, 7) is 9.17. The van der Waals surface area contributed by atoms with Gasteiger partial charge in [-0.25, -0.2) is 9.78 Å². The molecule has 0 fully saturated rings. The molecule has 8 heterocycles. The van der Waals surface area contributed by atoms with E-state index < -0.39 is 11.9 Å². The van der Waals surface area contributed by atoms with Crippen molar-refractivity contribution in [3.63, 3.8) is 0 Å². The number of nitrogens with zero attached hydrogens (tertiary/aromatic N) is 9. The fraction of sp³-hybridized carbons (Fsp3) is 0.234. The molecule has 13 rings (SSSR count). The number of amides is 1. The Balaban J connectivity index is 0.712. The van der Waals surface area contributed by atoms with E-state index in [1.807, 2.05) is 158 Å². The lowest BCUT2D eigenvalue weighted by Crippen LogP contribution is -2.32. The third-order valence-electron chi connectivity index (χ3n) is 17.4. The van der Waals surface area contributed by atoms with E-state index >= 15 is 0 Å². The quantitative estimate of drug-likeness (QED) is 0.0300. The zero-order valence-corrected chi connectivity index (χ0v) is 52.2. The van der Waals surface area contributed by atoms with Crippen molar-refractivity contribution in [3.8, 4) is 22.9 Å². The van der Waals surface area contributed by atoms with E-state index in [0.29, 0.717) is 125 Å². The van der Waals surface area contributed by atoms with Crippen molar-refractivity contribution >= 4 is 39.5 Å². The van der Waals surface area contributed by atoms with E-state index in [2.05, 4.69) is 79.1 Å². The summed E-state index contributed by atoms with van der Waals surface area (Å²) in [5.41, 5.74) is 13.0. The summed E-state index contributed by atoms with van der Waals surface area (Å²) in [5, 5.41) is 2.86. The van der Waals surface area contributed by atoms with Crippen LogP contribution in [-0.4, -0.2) is 75.2 Å². The van der Waals surface area contributed by atoms with Gasteiger partial charge >= 0.3 is 11.9 Å². The fourth-order valence-corrected chi connectivity index (χ4v) is 12.8. The number of rotatable bonds is 25. The summed E-state index contributed by atoms with van der Waals surface area (Å²) in [6.07, 6.45) is 9.82. The Morgan fingerprint density at radius 2 is 1.17 bits per heavy atom. The predicted octanol–water partition coefficient (Wildman–Crippen LogP) is 13.4. The monoisotopic (exact) mass is 1230 g/mol. The van der Waals surface area contributed by atoms with Crippen LogP contribution in [0.5, 0.6) is 11.5 Å². The molecule has 0 radical (unpaired) electrons. The number of unbranched alkanes of at least 4 members (excludes halogenated alkanes) is 1. The van der Waals surface area contributed by atoms with E-state index in [4.69, 9.17) is 19.2 Å². The molecule has 6 aromatic heterocycles. The topological polar surface area (TPSA) is 175 Å². The van der Waals surface area contributed by atoms with E-state index in [-0.39, 0.29) is 24.0 Å². The third-order valence-corrected chi connectivity index (χ3v) is 17.4. The highest BCUT2D eigenvalue weighted by atomic mass is 16.5. The molecule has 93 heavy (non-hydrogen) atoms. The number of carbonyl (C=O) groups excluding carboxylic acids is 3. The summed E-state index contributed by atoms with van der Waals surface area (Å²) in [5.74, 6) is -0.321. The van der Waals surface area contributed by atoms with Crippen LogP contribution < -0.4 is 15.0 Å². The van der Waals surface area contributed by atoms with E-state index in [1.165, 1.54) is 0 Å². The molecule has 1 amide bonds. The Bertz CT molecular complexity index is 4360. The molecule has 5 aromatic carbocycles. The van der Waals surface area contributed by atoms with Crippen LogP contribution in [0.1, 0.15) is 121 Å². The van der Waals surface area contributed by atoms with Crippen molar-refractivity contribution in [2.24, 2.45) is 0 Å². The van der Waals surface area contributed by atoms with Crippen LogP contribution in [0.25, 0.3) is 33.1 Å². The Kier molecular flexibility index (Phi) is 18.7. The van der Waals surface area contributed by atoms with Gasteiger partial charge in [-0.15, -0.1) is 0 Å². The zero-order valence-electron chi connectivity index (χ0n) is 52.2. The number of aromatic nitrogens is 6. The van der Waals surface area contributed by atoms with E-state index in [9.17, 15) is 19.2 Å².